The molecular formula is C12H21N5. The van der Waals surface area contributed by atoms with Crippen LogP contribution in [-0.2, 0) is 0 Å². The standard InChI is InChI=1S/C12H21N5/c1-3-16(4-2)10-6-8-17(9-10)11-5-7-14-12(13)15-11/h5,7,10H,3-4,6,8-9H2,1-2H3,(H2,13,14,15). The van der Waals surface area contributed by atoms with Crippen LogP contribution in [0.25, 0.3) is 0 Å². The van der Waals surface area contributed by atoms with Gasteiger partial charge in [0.25, 0.3) is 0 Å². The Labute approximate surface area is 103 Å². The normalized spacial score (nSPS) is 20.2. The third-order valence-electron chi connectivity index (χ3n) is 3.48. The number of nitrogen functional groups attached to an aromatic ring is 1. The molecule has 5 heteroatoms. The smallest absolute Gasteiger partial charge is 0.221 e. The molecule has 1 fully saturated rings. The van der Waals surface area contributed by atoms with Crippen molar-refractivity contribution in [3.8, 4) is 0 Å². The van der Waals surface area contributed by atoms with E-state index >= 15 is 0 Å². The molecule has 0 bridgehead atoms. The minimum absolute atomic E-state index is 0.355. The molecule has 1 atom stereocenters. The fourth-order valence-corrected chi connectivity index (χ4v) is 2.53. The van der Waals surface area contributed by atoms with Crippen molar-refractivity contribution in [1.82, 2.24) is 14.9 Å². The lowest BCUT2D eigenvalue weighted by atomic mass is 10.2. The van der Waals surface area contributed by atoms with Crippen LogP contribution in [-0.4, -0.2) is 47.1 Å². The lowest BCUT2D eigenvalue weighted by Gasteiger charge is -2.26. The number of nitrogens with zero attached hydrogens (tertiary/aromatic N) is 4. The van der Waals surface area contributed by atoms with Crippen LogP contribution in [0.1, 0.15) is 20.3 Å². The number of rotatable bonds is 4. The molecule has 1 aliphatic rings. The van der Waals surface area contributed by atoms with Gasteiger partial charge in [-0.2, -0.15) is 4.98 Å². The predicted molar refractivity (Wildman–Crippen MR) is 70.0 cm³/mol. The fourth-order valence-electron chi connectivity index (χ4n) is 2.53. The van der Waals surface area contributed by atoms with E-state index in [2.05, 4.69) is 33.6 Å². The summed E-state index contributed by atoms with van der Waals surface area (Å²) >= 11 is 0. The van der Waals surface area contributed by atoms with Crippen LogP contribution in [0.3, 0.4) is 0 Å². The van der Waals surface area contributed by atoms with E-state index in [0.717, 1.165) is 32.0 Å². The topological polar surface area (TPSA) is 58.3 Å². The molecule has 1 saturated heterocycles. The molecule has 1 aromatic heterocycles. The number of anilines is 2. The molecule has 94 valence electrons. The zero-order valence-corrected chi connectivity index (χ0v) is 10.6. The summed E-state index contributed by atoms with van der Waals surface area (Å²) < 4.78 is 0. The van der Waals surface area contributed by atoms with E-state index in [9.17, 15) is 0 Å². The van der Waals surface area contributed by atoms with Crippen LogP contribution < -0.4 is 10.6 Å². The van der Waals surface area contributed by atoms with Gasteiger partial charge in [-0.05, 0) is 25.6 Å². The molecule has 0 aliphatic carbocycles. The third-order valence-corrected chi connectivity index (χ3v) is 3.48. The summed E-state index contributed by atoms with van der Waals surface area (Å²) in [6, 6.07) is 2.57. The fraction of sp³-hybridized carbons (Fsp3) is 0.667. The Hall–Kier alpha value is -1.36. The molecule has 2 heterocycles. The number of likely N-dealkylation sites (N-methyl/N-ethyl adjacent to an activating group) is 1. The molecule has 1 unspecified atom stereocenters. The van der Waals surface area contributed by atoms with Crippen LogP contribution in [0.15, 0.2) is 12.3 Å². The molecule has 1 aliphatic heterocycles. The van der Waals surface area contributed by atoms with Crippen molar-refractivity contribution >= 4 is 11.8 Å². The molecule has 2 N–H and O–H groups in total. The Morgan fingerprint density at radius 3 is 2.88 bits per heavy atom. The van der Waals surface area contributed by atoms with Crippen molar-refractivity contribution in [3.63, 3.8) is 0 Å². The van der Waals surface area contributed by atoms with E-state index in [0.29, 0.717) is 12.0 Å². The van der Waals surface area contributed by atoms with Crippen molar-refractivity contribution in [1.29, 1.82) is 0 Å². The Morgan fingerprint density at radius 2 is 2.24 bits per heavy atom. The van der Waals surface area contributed by atoms with Crippen molar-refractivity contribution in [3.05, 3.63) is 12.3 Å². The van der Waals surface area contributed by atoms with E-state index in [-0.39, 0.29) is 0 Å². The lowest BCUT2D eigenvalue weighted by molar-refractivity contribution is 0.232. The first kappa shape index (κ1) is 12.1. The largest absolute Gasteiger partial charge is 0.368 e. The molecule has 0 amide bonds. The van der Waals surface area contributed by atoms with Gasteiger partial charge in [-0.25, -0.2) is 4.98 Å². The zero-order chi connectivity index (χ0) is 12.3. The summed E-state index contributed by atoms with van der Waals surface area (Å²) in [5.41, 5.74) is 5.61. The molecule has 5 nitrogen and oxygen atoms in total. The first-order chi connectivity index (χ1) is 8.24. The summed E-state index contributed by atoms with van der Waals surface area (Å²) in [6.07, 6.45) is 2.92. The Morgan fingerprint density at radius 1 is 1.47 bits per heavy atom. The van der Waals surface area contributed by atoms with E-state index in [4.69, 9.17) is 5.73 Å². The highest BCUT2D eigenvalue weighted by atomic mass is 15.3. The van der Waals surface area contributed by atoms with Gasteiger partial charge in [-0.3, -0.25) is 4.90 Å². The van der Waals surface area contributed by atoms with Gasteiger partial charge in [0, 0.05) is 25.3 Å². The van der Waals surface area contributed by atoms with Crippen molar-refractivity contribution in [2.24, 2.45) is 0 Å². The average molecular weight is 235 g/mol. The minimum Gasteiger partial charge on any atom is -0.368 e. The number of hydrogen-bond donors (Lipinski definition) is 1. The van der Waals surface area contributed by atoms with Crippen LogP contribution in [0.4, 0.5) is 11.8 Å². The first-order valence-electron chi connectivity index (χ1n) is 6.32. The van der Waals surface area contributed by atoms with Gasteiger partial charge in [-0.1, -0.05) is 13.8 Å². The summed E-state index contributed by atoms with van der Waals surface area (Å²) in [6.45, 7) is 8.75. The lowest BCUT2D eigenvalue weighted by Crippen LogP contribution is -2.37. The average Bonchev–Trinajstić information content (AvgIpc) is 2.80. The van der Waals surface area contributed by atoms with Crippen LogP contribution >= 0.6 is 0 Å². The van der Waals surface area contributed by atoms with Gasteiger partial charge in [0.2, 0.25) is 5.95 Å². The van der Waals surface area contributed by atoms with E-state index in [1.54, 1.807) is 6.20 Å². The van der Waals surface area contributed by atoms with Crippen molar-refractivity contribution in [2.45, 2.75) is 26.3 Å². The zero-order valence-electron chi connectivity index (χ0n) is 10.6. The molecule has 2 rings (SSSR count). The summed E-state index contributed by atoms with van der Waals surface area (Å²) in [5, 5.41) is 0. The van der Waals surface area contributed by atoms with E-state index < -0.39 is 0 Å². The Kier molecular flexibility index (Phi) is 3.78. The molecule has 0 spiro atoms. The molecule has 0 aromatic carbocycles. The van der Waals surface area contributed by atoms with Gasteiger partial charge in [-0.15, -0.1) is 0 Å². The highest BCUT2D eigenvalue weighted by molar-refractivity contribution is 5.42. The number of aromatic nitrogens is 2. The number of nitrogens with two attached hydrogens (primary N) is 1. The summed E-state index contributed by atoms with van der Waals surface area (Å²) in [5.74, 6) is 1.31. The maximum Gasteiger partial charge on any atom is 0.221 e. The second kappa shape index (κ2) is 5.31. The van der Waals surface area contributed by atoms with Gasteiger partial charge in [0.15, 0.2) is 0 Å². The maximum absolute atomic E-state index is 5.61. The van der Waals surface area contributed by atoms with Crippen molar-refractivity contribution < 1.29 is 0 Å². The van der Waals surface area contributed by atoms with E-state index in [1.165, 1.54) is 6.42 Å². The highest BCUT2D eigenvalue weighted by Gasteiger charge is 2.26. The van der Waals surface area contributed by atoms with Gasteiger partial charge in [0.1, 0.15) is 5.82 Å². The van der Waals surface area contributed by atoms with Gasteiger partial charge in [0.05, 0.1) is 0 Å². The molecular weight excluding hydrogens is 214 g/mol. The highest BCUT2D eigenvalue weighted by Crippen LogP contribution is 2.21. The summed E-state index contributed by atoms with van der Waals surface area (Å²) in [4.78, 5) is 13.0. The molecule has 0 radical (unpaired) electrons. The van der Waals surface area contributed by atoms with Crippen molar-refractivity contribution in [2.75, 3.05) is 36.8 Å². The van der Waals surface area contributed by atoms with Crippen LogP contribution in [0, 0.1) is 0 Å². The predicted octanol–water partition coefficient (Wildman–Crippen LogP) is 0.979. The minimum atomic E-state index is 0.355. The second-order valence-electron chi connectivity index (χ2n) is 4.38. The summed E-state index contributed by atoms with van der Waals surface area (Å²) in [7, 11) is 0. The first-order valence-corrected chi connectivity index (χ1v) is 6.32. The third kappa shape index (κ3) is 2.66. The number of hydrogen-bond acceptors (Lipinski definition) is 5. The SMILES string of the molecule is CCN(CC)C1CCN(c2ccnc(N)n2)C1. The molecule has 1 aromatic rings. The Balaban J connectivity index is 2.02. The van der Waals surface area contributed by atoms with Crippen LogP contribution in [0.5, 0.6) is 0 Å². The molecule has 0 saturated carbocycles. The Bertz CT molecular complexity index is 364. The van der Waals surface area contributed by atoms with Gasteiger partial charge < -0.3 is 10.6 Å². The monoisotopic (exact) mass is 235 g/mol. The van der Waals surface area contributed by atoms with Crippen LogP contribution in [0.2, 0.25) is 0 Å². The quantitative estimate of drug-likeness (QED) is 0.843. The maximum atomic E-state index is 5.61. The second-order valence-corrected chi connectivity index (χ2v) is 4.38. The molecule has 17 heavy (non-hydrogen) atoms. The van der Waals surface area contributed by atoms with E-state index in [1.807, 2.05) is 6.07 Å². The van der Waals surface area contributed by atoms with Gasteiger partial charge >= 0.3 is 0 Å².